The van der Waals surface area contributed by atoms with Crippen LogP contribution < -0.4 is 5.76 Å². The highest BCUT2D eigenvalue weighted by Crippen LogP contribution is 2.33. The number of hydrogen-bond donors (Lipinski definition) is 1. The van der Waals surface area contributed by atoms with Crippen LogP contribution in [0.5, 0.6) is 5.75 Å². The number of halogens is 3. The van der Waals surface area contributed by atoms with E-state index in [0.717, 1.165) is 16.7 Å². The van der Waals surface area contributed by atoms with Crippen molar-refractivity contribution < 1.29 is 13.9 Å². The van der Waals surface area contributed by atoms with E-state index in [-0.39, 0.29) is 27.4 Å². The third-order valence-electron chi connectivity index (χ3n) is 2.69. The van der Waals surface area contributed by atoms with E-state index in [1.807, 2.05) is 0 Å². The second kappa shape index (κ2) is 4.82. The first kappa shape index (κ1) is 14.9. The molecule has 0 bridgehead atoms. The monoisotopic (exact) mass is 319 g/mol. The Bertz CT molecular complexity index is 728. The SMILES string of the molecule is CC(C)(C)c1oc(=O)n(-c2cc(O)c(Cl)cc2F)c1Cl. The second-order valence-corrected chi connectivity index (χ2v) is 6.09. The lowest BCUT2D eigenvalue weighted by atomic mass is 9.94. The molecule has 0 unspecified atom stereocenters. The summed E-state index contributed by atoms with van der Waals surface area (Å²) in [7, 11) is 0. The molecule has 1 aromatic carbocycles. The van der Waals surface area contributed by atoms with Gasteiger partial charge in [-0.2, -0.15) is 0 Å². The lowest BCUT2D eigenvalue weighted by molar-refractivity contribution is 0.385. The van der Waals surface area contributed by atoms with Crippen LogP contribution in [0.3, 0.4) is 0 Å². The quantitative estimate of drug-likeness (QED) is 0.867. The maximum absolute atomic E-state index is 13.9. The molecule has 1 N–H and O–H groups in total. The number of phenols is 1. The van der Waals surface area contributed by atoms with E-state index in [1.54, 1.807) is 20.8 Å². The molecule has 108 valence electrons. The van der Waals surface area contributed by atoms with Gasteiger partial charge in [0.25, 0.3) is 0 Å². The van der Waals surface area contributed by atoms with Gasteiger partial charge in [0.2, 0.25) is 0 Å². The number of oxazole rings is 1. The molecule has 0 aliphatic carbocycles. The molecule has 0 aliphatic heterocycles. The van der Waals surface area contributed by atoms with Crippen molar-refractivity contribution in [1.29, 1.82) is 0 Å². The Kier molecular flexibility index (Phi) is 3.60. The molecule has 1 aromatic heterocycles. The van der Waals surface area contributed by atoms with Crippen molar-refractivity contribution in [3.63, 3.8) is 0 Å². The number of rotatable bonds is 1. The third-order valence-corrected chi connectivity index (χ3v) is 3.34. The van der Waals surface area contributed by atoms with E-state index >= 15 is 0 Å². The lowest BCUT2D eigenvalue weighted by Gasteiger charge is -2.14. The first-order chi connectivity index (χ1) is 9.12. The Morgan fingerprint density at radius 1 is 1.30 bits per heavy atom. The zero-order valence-corrected chi connectivity index (χ0v) is 12.5. The molecule has 0 saturated carbocycles. The minimum absolute atomic E-state index is 0.0388. The van der Waals surface area contributed by atoms with Crippen LogP contribution >= 0.6 is 23.2 Å². The van der Waals surface area contributed by atoms with Gasteiger partial charge in [-0.05, 0) is 6.07 Å². The Labute approximate surface area is 124 Å². The topological polar surface area (TPSA) is 55.4 Å². The van der Waals surface area contributed by atoms with Gasteiger partial charge in [-0.25, -0.2) is 13.8 Å². The molecule has 1 heterocycles. The molecular formula is C13H12Cl2FNO3. The van der Waals surface area contributed by atoms with Crippen LogP contribution in [0.25, 0.3) is 5.69 Å². The van der Waals surface area contributed by atoms with Gasteiger partial charge in [-0.1, -0.05) is 44.0 Å². The van der Waals surface area contributed by atoms with Crippen molar-refractivity contribution in [3.05, 3.63) is 44.4 Å². The number of nitrogens with zero attached hydrogens (tertiary/aromatic N) is 1. The number of phenolic OH excluding ortho intramolecular Hbond substituents is 1. The summed E-state index contributed by atoms with van der Waals surface area (Å²) >= 11 is 11.7. The fourth-order valence-corrected chi connectivity index (χ4v) is 2.35. The average Bonchev–Trinajstić information content (AvgIpc) is 2.60. The van der Waals surface area contributed by atoms with Crippen molar-refractivity contribution >= 4 is 23.2 Å². The molecule has 2 rings (SSSR count). The van der Waals surface area contributed by atoms with Gasteiger partial charge < -0.3 is 9.52 Å². The minimum Gasteiger partial charge on any atom is -0.506 e. The summed E-state index contributed by atoms with van der Waals surface area (Å²) in [4.78, 5) is 11.9. The van der Waals surface area contributed by atoms with Crippen LogP contribution in [0.15, 0.2) is 21.3 Å². The lowest BCUT2D eigenvalue weighted by Crippen LogP contribution is -2.13. The summed E-state index contributed by atoms with van der Waals surface area (Å²) < 4.78 is 19.9. The maximum atomic E-state index is 13.9. The zero-order chi connectivity index (χ0) is 15.2. The van der Waals surface area contributed by atoms with Gasteiger partial charge in [0.05, 0.1) is 10.7 Å². The van der Waals surface area contributed by atoms with Crippen molar-refractivity contribution in [2.24, 2.45) is 0 Å². The molecule has 20 heavy (non-hydrogen) atoms. The van der Waals surface area contributed by atoms with Crippen LogP contribution in [0, 0.1) is 5.82 Å². The van der Waals surface area contributed by atoms with Gasteiger partial charge in [-0.3, -0.25) is 0 Å². The second-order valence-electron chi connectivity index (χ2n) is 5.33. The van der Waals surface area contributed by atoms with E-state index < -0.39 is 17.0 Å². The highest BCUT2D eigenvalue weighted by Gasteiger charge is 2.28. The van der Waals surface area contributed by atoms with Crippen molar-refractivity contribution in [3.8, 4) is 11.4 Å². The van der Waals surface area contributed by atoms with E-state index in [2.05, 4.69) is 0 Å². The number of benzene rings is 1. The van der Waals surface area contributed by atoms with Crippen LogP contribution in [0.4, 0.5) is 4.39 Å². The minimum atomic E-state index is -0.833. The summed E-state index contributed by atoms with van der Waals surface area (Å²) in [6.45, 7) is 5.41. The van der Waals surface area contributed by atoms with Crippen LogP contribution in [-0.4, -0.2) is 9.67 Å². The van der Waals surface area contributed by atoms with Crippen molar-refractivity contribution in [2.75, 3.05) is 0 Å². The largest absolute Gasteiger partial charge is 0.506 e. The van der Waals surface area contributed by atoms with Gasteiger partial charge in [-0.15, -0.1) is 0 Å². The molecule has 0 atom stereocenters. The normalized spacial score (nSPS) is 11.9. The molecule has 0 aliphatic rings. The van der Waals surface area contributed by atoms with Gasteiger partial charge in [0.1, 0.15) is 11.6 Å². The first-order valence-corrected chi connectivity index (χ1v) is 6.48. The highest BCUT2D eigenvalue weighted by molar-refractivity contribution is 6.32. The van der Waals surface area contributed by atoms with E-state index in [9.17, 15) is 14.3 Å². The van der Waals surface area contributed by atoms with Crippen molar-refractivity contribution in [1.82, 2.24) is 4.57 Å². The summed E-state index contributed by atoms with van der Waals surface area (Å²) in [6, 6.07) is 1.92. The summed E-state index contributed by atoms with van der Waals surface area (Å²) in [5.74, 6) is -1.75. The molecule has 2 aromatic rings. The summed E-state index contributed by atoms with van der Waals surface area (Å²) in [6.07, 6.45) is 0. The summed E-state index contributed by atoms with van der Waals surface area (Å²) in [5.41, 5.74) is -0.743. The first-order valence-electron chi connectivity index (χ1n) is 5.73. The third kappa shape index (κ3) is 2.43. The standard InChI is InChI=1S/C13H12Cl2FNO3/c1-13(2,3)10-11(15)17(12(19)20-10)8-5-9(18)6(14)4-7(8)16/h4-5,18H,1-3H3. The Morgan fingerprint density at radius 3 is 2.40 bits per heavy atom. The van der Waals surface area contributed by atoms with Crippen LogP contribution in [-0.2, 0) is 5.41 Å². The molecule has 0 fully saturated rings. The Balaban J connectivity index is 2.75. The molecule has 0 amide bonds. The average molecular weight is 320 g/mol. The number of aromatic nitrogens is 1. The van der Waals surface area contributed by atoms with Crippen LogP contribution in [0.2, 0.25) is 10.2 Å². The number of hydrogen-bond acceptors (Lipinski definition) is 3. The maximum Gasteiger partial charge on any atom is 0.425 e. The molecule has 0 radical (unpaired) electrons. The predicted octanol–water partition coefficient (Wildman–Crippen LogP) is 3.88. The molecule has 4 nitrogen and oxygen atoms in total. The van der Waals surface area contributed by atoms with Gasteiger partial charge in [0, 0.05) is 11.5 Å². The molecule has 0 saturated heterocycles. The summed E-state index contributed by atoms with van der Waals surface area (Å²) in [5, 5.41) is 9.35. The Morgan fingerprint density at radius 2 is 1.90 bits per heavy atom. The van der Waals surface area contributed by atoms with E-state index in [4.69, 9.17) is 27.6 Å². The van der Waals surface area contributed by atoms with Gasteiger partial charge in [0.15, 0.2) is 10.9 Å². The van der Waals surface area contributed by atoms with E-state index in [1.165, 1.54) is 0 Å². The van der Waals surface area contributed by atoms with Crippen LogP contribution in [0.1, 0.15) is 26.5 Å². The molecule has 7 heteroatoms. The smallest absolute Gasteiger partial charge is 0.425 e. The predicted molar refractivity (Wildman–Crippen MR) is 74.6 cm³/mol. The van der Waals surface area contributed by atoms with Gasteiger partial charge >= 0.3 is 5.76 Å². The highest BCUT2D eigenvalue weighted by atomic mass is 35.5. The molecular weight excluding hydrogens is 308 g/mol. The van der Waals surface area contributed by atoms with E-state index in [0.29, 0.717) is 0 Å². The fourth-order valence-electron chi connectivity index (χ4n) is 1.72. The fraction of sp³-hybridized carbons (Fsp3) is 0.308. The zero-order valence-electron chi connectivity index (χ0n) is 11.0. The molecule has 0 spiro atoms. The van der Waals surface area contributed by atoms with Crippen molar-refractivity contribution in [2.45, 2.75) is 26.2 Å². The Hall–Kier alpha value is -1.46. The number of aromatic hydroxyl groups is 1.